The lowest BCUT2D eigenvalue weighted by Crippen LogP contribution is -2.41. The van der Waals surface area contributed by atoms with Crippen LogP contribution in [0.5, 0.6) is 0 Å². The van der Waals surface area contributed by atoms with Crippen LogP contribution in [0, 0.1) is 11.7 Å². The van der Waals surface area contributed by atoms with Crippen molar-refractivity contribution in [3.63, 3.8) is 0 Å². The lowest BCUT2D eigenvalue weighted by atomic mass is 9.81. The first-order valence-electron chi connectivity index (χ1n) is 6.95. The van der Waals surface area contributed by atoms with Gasteiger partial charge in [-0.05, 0) is 42.9 Å². The molecule has 0 amide bonds. The summed E-state index contributed by atoms with van der Waals surface area (Å²) >= 11 is 5.86. The number of benzene rings is 1. The van der Waals surface area contributed by atoms with Crippen LogP contribution in [0.4, 0.5) is 4.39 Å². The number of hydrogen-bond acceptors (Lipinski definition) is 3. The molecule has 114 valence electrons. The van der Waals surface area contributed by atoms with E-state index >= 15 is 0 Å². The molecular weight excluding hydrogens is 315 g/mol. The minimum absolute atomic E-state index is 0.0511. The molecule has 0 N–H and O–H groups in total. The molecule has 2 saturated heterocycles. The van der Waals surface area contributed by atoms with Gasteiger partial charge in [-0.2, -0.15) is 0 Å². The molecule has 1 aromatic carbocycles. The molecule has 2 heterocycles. The van der Waals surface area contributed by atoms with Crippen molar-refractivity contribution in [2.75, 3.05) is 7.11 Å². The van der Waals surface area contributed by atoms with Gasteiger partial charge in [0.15, 0.2) is 0 Å². The molecule has 3 rings (SSSR count). The van der Waals surface area contributed by atoms with Crippen LogP contribution in [0.3, 0.4) is 0 Å². The Balaban J connectivity index is 2.00. The number of rotatable bonds is 2. The Morgan fingerprint density at radius 2 is 2.19 bits per heavy atom. The maximum absolute atomic E-state index is 13.3. The Morgan fingerprint density at radius 3 is 2.86 bits per heavy atom. The molecule has 21 heavy (non-hydrogen) atoms. The van der Waals surface area contributed by atoms with Crippen molar-refractivity contribution in [2.45, 2.75) is 35.7 Å². The highest BCUT2D eigenvalue weighted by atomic mass is 35.5. The van der Waals surface area contributed by atoms with Crippen LogP contribution >= 0.6 is 11.6 Å². The number of carbonyl (C=O) groups is 1. The summed E-state index contributed by atoms with van der Waals surface area (Å²) in [6.07, 6.45) is 2.31. The summed E-state index contributed by atoms with van der Waals surface area (Å²) in [7, 11) is 0.365. The quantitative estimate of drug-likeness (QED) is 0.783. The van der Waals surface area contributed by atoms with Gasteiger partial charge in [-0.25, -0.2) is 4.39 Å². The zero-order chi connectivity index (χ0) is 15.1. The largest absolute Gasteiger partial charge is 0.469 e. The van der Waals surface area contributed by atoms with Gasteiger partial charge in [0.25, 0.3) is 0 Å². The van der Waals surface area contributed by atoms with Crippen LogP contribution in [0.2, 0.25) is 5.02 Å². The average molecular weight is 331 g/mol. The van der Waals surface area contributed by atoms with Gasteiger partial charge in [-0.1, -0.05) is 17.7 Å². The highest BCUT2D eigenvalue weighted by Gasteiger charge is 2.51. The second-order valence-electron chi connectivity index (χ2n) is 5.63. The van der Waals surface area contributed by atoms with Crippen molar-refractivity contribution in [1.82, 2.24) is 0 Å². The SMILES string of the molecule is COC(=O)[C@@H]1C2CCC(C[C@H]1c1ccc(F)c(Cl)c1)S2=O. The number of fused-ring (bicyclic) bond motifs is 2. The maximum atomic E-state index is 13.3. The van der Waals surface area contributed by atoms with Gasteiger partial charge in [-0.15, -0.1) is 0 Å². The van der Waals surface area contributed by atoms with Gasteiger partial charge in [-0.3, -0.25) is 9.00 Å². The van der Waals surface area contributed by atoms with Crippen molar-refractivity contribution < 1.29 is 18.1 Å². The molecule has 3 unspecified atom stereocenters. The highest BCUT2D eigenvalue weighted by Crippen LogP contribution is 2.47. The summed E-state index contributed by atoms with van der Waals surface area (Å²) in [6, 6.07) is 4.56. The third-order valence-electron chi connectivity index (χ3n) is 4.60. The molecule has 2 aliphatic rings. The molecule has 1 aromatic rings. The molecule has 5 atom stereocenters. The van der Waals surface area contributed by atoms with Gasteiger partial charge >= 0.3 is 5.97 Å². The minimum Gasteiger partial charge on any atom is -0.469 e. The first kappa shape index (κ1) is 15.0. The molecule has 0 aromatic heterocycles. The predicted octanol–water partition coefficient (Wildman–Crippen LogP) is 3.04. The van der Waals surface area contributed by atoms with E-state index in [0.29, 0.717) is 6.42 Å². The second-order valence-corrected chi connectivity index (χ2v) is 7.97. The molecule has 2 bridgehead atoms. The van der Waals surface area contributed by atoms with E-state index in [-0.39, 0.29) is 27.4 Å². The van der Waals surface area contributed by atoms with E-state index in [2.05, 4.69) is 0 Å². The van der Waals surface area contributed by atoms with Crippen LogP contribution in [0.15, 0.2) is 18.2 Å². The first-order chi connectivity index (χ1) is 10.0. The Hall–Kier alpha value is -0.940. The summed E-state index contributed by atoms with van der Waals surface area (Å²) in [6.45, 7) is 0. The fraction of sp³-hybridized carbons (Fsp3) is 0.533. The Kier molecular flexibility index (Phi) is 4.06. The van der Waals surface area contributed by atoms with Crippen LogP contribution in [-0.4, -0.2) is 27.8 Å². The van der Waals surface area contributed by atoms with Gasteiger partial charge in [0.2, 0.25) is 0 Å². The van der Waals surface area contributed by atoms with Gasteiger partial charge < -0.3 is 4.74 Å². The van der Waals surface area contributed by atoms with E-state index in [0.717, 1.165) is 18.4 Å². The number of carbonyl (C=O) groups excluding carboxylic acids is 1. The lowest BCUT2D eigenvalue weighted by molar-refractivity contribution is -0.146. The summed E-state index contributed by atoms with van der Waals surface area (Å²) in [5.74, 6) is -1.35. The second kappa shape index (κ2) is 5.69. The van der Waals surface area contributed by atoms with Crippen molar-refractivity contribution >= 4 is 28.4 Å². The normalized spacial score (nSPS) is 34.7. The van der Waals surface area contributed by atoms with Crippen molar-refractivity contribution in [3.8, 4) is 0 Å². The molecule has 0 saturated carbocycles. The molecule has 0 aliphatic carbocycles. The standard InChI is InChI=1S/C15H16ClFO3S/c1-20-15(18)14-10(7-9-3-5-13(14)21(9)19)8-2-4-12(17)11(16)6-8/h2,4,6,9-10,13-14H,3,5,7H2,1H3/t9?,10-,13?,14-,21?/m0/s1. The molecule has 0 radical (unpaired) electrons. The third kappa shape index (κ3) is 2.50. The highest BCUT2D eigenvalue weighted by molar-refractivity contribution is 7.86. The zero-order valence-corrected chi connectivity index (χ0v) is 13.1. The Labute approximate surface area is 130 Å². The monoisotopic (exact) mass is 330 g/mol. The van der Waals surface area contributed by atoms with E-state index in [1.165, 1.54) is 13.2 Å². The third-order valence-corrected chi connectivity index (χ3v) is 7.10. The topological polar surface area (TPSA) is 43.4 Å². The summed E-state index contributed by atoms with van der Waals surface area (Å²) in [4.78, 5) is 12.2. The Bertz CT molecular complexity index is 607. The van der Waals surface area contributed by atoms with E-state index in [9.17, 15) is 13.4 Å². The van der Waals surface area contributed by atoms with Crippen LogP contribution < -0.4 is 0 Å². The maximum Gasteiger partial charge on any atom is 0.310 e. The fourth-order valence-corrected chi connectivity index (χ4v) is 6.00. The molecule has 0 spiro atoms. The van der Waals surface area contributed by atoms with E-state index in [1.54, 1.807) is 12.1 Å². The number of ether oxygens (including phenoxy) is 1. The van der Waals surface area contributed by atoms with Gasteiger partial charge in [0, 0.05) is 21.3 Å². The first-order valence-corrected chi connectivity index (χ1v) is 8.60. The van der Waals surface area contributed by atoms with Crippen molar-refractivity contribution in [1.29, 1.82) is 0 Å². The number of hydrogen-bond donors (Lipinski definition) is 0. The van der Waals surface area contributed by atoms with Crippen molar-refractivity contribution in [3.05, 3.63) is 34.6 Å². The predicted molar refractivity (Wildman–Crippen MR) is 79.2 cm³/mol. The van der Waals surface area contributed by atoms with Gasteiger partial charge in [0.05, 0.1) is 18.1 Å². The minimum atomic E-state index is -0.983. The Morgan fingerprint density at radius 1 is 1.43 bits per heavy atom. The average Bonchev–Trinajstić information content (AvgIpc) is 2.72. The number of methoxy groups -OCH3 is 1. The van der Waals surface area contributed by atoms with E-state index in [1.807, 2.05) is 0 Å². The van der Waals surface area contributed by atoms with Crippen molar-refractivity contribution in [2.24, 2.45) is 5.92 Å². The van der Waals surface area contributed by atoms with Crippen LogP contribution in [0.1, 0.15) is 30.7 Å². The summed E-state index contributed by atoms with van der Waals surface area (Å²) in [5.41, 5.74) is 0.824. The molecular formula is C15H16ClFO3S. The fourth-order valence-electron chi connectivity index (χ4n) is 3.59. The summed E-state index contributed by atoms with van der Waals surface area (Å²) in [5, 5.41) is 0.00456. The number of halogens is 2. The zero-order valence-electron chi connectivity index (χ0n) is 11.6. The smallest absolute Gasteiger partial charge is 0.310 e. The lowest BCUT2D eigenvalue weighted by Gasteiger charge is -2.34. The van der Waals surface area contributed by atoms with Crippen LogP contribution in [0.25, 0.3) is 0 Å². The molecule has 2 fully saturated rings. The van der Waals surface area contributed by atoms with E-state index in [4.69, 9.17) is 16.3 Å². The molecule has 6 heteroatoms. The summed E-state index contributed by atoms with van der Waals surface area (Å²) < 4.78 is 30.6. The number of esters is 1. The van der Waals surface area contributed by atoms with Gasteiger partial charge in [0.1, 0.15) is 5.82 Å². The van der Waals surface area contributed by atoms with E-state index < -0.39 is 22.5 Å². The molecule has 3 nitrogen and oxygen atoms in total. The van der Waals surface area contributed by atoms with Crippen LogP contribution in [-0.2, 0) is 20.3 Å². The molecule has 2 aliphatic heterocycles.